The molecule has 2 heterocycles. The third-order valence-electron chi connectivity index (χ3n) is 3.73. The zero-order valence-electron chi connectivity index (χ0n) is 13.3. The molecule has 1 aromatic heterocycles. The van der Waals surface area contributed by atoms with Gasteiger partial charge in [0, 0.05) is 36.9 Å². The minimum absolute atomic E-state index is 0.134. The number of hydrogen-bond donors (Lipinski definition) is 0. The third-order valence-corrected chi connectivity index (χ3v) is 3.96. The summed E-state index contributed by atoms with van der Waals surface area (Å²) in [4.78, 5) is 11.2. The lowest BCUT2D eigenvalue weighted by atomic mass is 10.3. The lowest BCUT2D eigenvalue weighted by molar-refractivity contribution is 0.177. The Kier molecular flexibility index (Phi) is 4.98. The molecule has 1 saturated heterocycles. The fraction of sp³-hybridized carbons (Fsp3) is 0.412. The SMILES string of the molecule is COCc1nc(C)cc(N2CCC(Oc3cccc(Cl)c3)C2)n1. The molecule has 0 radical (unpaired) electrons. The molecule has 2 aromatic rings. The molecular weight excluding hydrogens is 314 g/mol. The Morgan fingerprint density at radius 2 is 2.17 bits per heavy atom. The first-order valence-corrected chi connectivity index (χ1v) is 8.02. The van der Waals surface area contributed by atoms with Gasteiger partial charge in [0.05, 0.1) is 6.54 Å². The predicted molar refractivity (Wildman–Crippen MR) is 90.2 cm³/mol. The van der Waals surface area contributed by atoms with Gasteiger partial charge in [0.25, 0.3) is 0 Å². The van der Waals surface area contributed by atoms with E-state index in [4.69, 9.17) is 21.1 Å². The number of aromatic nitrogens is 2. The van der Waals surface area contributed by atoms with E-state index in [0.29, 0.717) is 17.5 Å². The molecule has 0 saturated carbocycles. The Morgan fingerprint density at radius 1 is 1.30 bits per heavy atom. The summed E-state index contributed by atoms with van der Waals surface area (Å²) in [5.41, 5.74) is 0.946. The largest absolute Gasteiger partial charge is 0.488 e. The summed E-state index contributed by atoms with van der Waals surface area (Å²) in [7, 11) is 1.65. The van der Waals surface area contributed by atoms with Crippen molar-refractivity contribution < 1.29 is 9.47 Å². The van der Waals surface area contributed by atoms with Crippen molar-refractivity contribution in [2.24, 2.45) is 0 Å². The third kappa shape index (κ3) is 4.12. The molecule has 122 valence electrons. The fourth-order valence-corrected chi connectivity index (χ4v) is 2.91. The molecule has 1 unspecified atom stereocenters. The minimum Gasteiger partial charge on any atom is -0.488 e. The maximum atomic E-state index is 6.02. The second-order valence-electron chi connectivity index (χ2n) is 5.65. The Morgan fingerprint density at radius 3 is 2.96 bits per heavy atom. The minimum atomic E-state index is 0.134. The van der Waals surface area contributed by atoms with E-state index >= 15 is 0 Å². The molecule has 3 rings (SSSR count). The van der Waals surface area contributed by atoms with Crippen LogP contribution in [-0.2, 0) is 11.3 Å². The average molecular weight is 334 g/mol. The number of methoxy groups -OCH3 is 1. The lowest BCUT2D eigenvalue weighted by Gasteiger charge is -2.19. The van der Waals surface area contributed by atoms with Gasteiger partial charge in [0.15, 0.2) is 5.82 Å². The molecule has 5 nitrogen and oxygen atoms in total. The van der Waals surface area contributed by atoms with Crippen LogP contribution in [0, 0.1) is 6.92 Å². The maximum Gasteiger partial charge on any atom is 0.156 e. The molecule has 0 bridgehead atoms. The van der Waals surface area contributed by atoms with Crippen LogP contribution in [0.2, 0.25) is 5.02 Å². The second kappa shape index (κ2) is 7.15. The van der Waals surface area contributed by atoms with Gasteiger partial charge in [-0.1, -0.05) is 17.7 Å². The molecule has 23 heavy (non-hydrogen) atoms. The van der Waals surface area contributed by atoms with Crippen molar-refractivity contribution in [2.45, 2.75) is 26.1 Å². The summed E-state index contributed by atoms with van der Waals surface area (Å²) in [6.07, 6.45) is 1.09. The molecule has 1 aromatic carbocycles. The van der Waals surface area contributed by atoms with Crippen LogP contribution in [0.3, 0.4) is 0 Å². The summed E-state index contributed by atoms with van der Waals surface area (Å²) < 4.78 is 11.2. The standard InChI is InChI=1S/C17H20ClN3O2/c1-12-8-17(20-16(19-12)11-22-2)21-7-6-15(10-21)23-14-5-3-4-13(18)9-14/h3-5,8-9,15H,6-7,10-11H2,1-2H3. The van der Waals surface area contributed by atoms with E-state index in [1.54, 1.807) is 7.11 Å². The maximum absolute atomic E-state index is 6.02. The van der Waals surface area contributed by atoms with Gasteiger partial charge in [-0.15, -0.1) is 0 Å². The molecule has 6 heteroatoms. The van der Waals surface area contributed by atoms with Gasteiger partial charge in [0.2, 0.25) is 0 Å². The highest BCUT2D eigenvalue weighted by molar-refractivity contribution is 6.30. The lowest BCUT2D eigenvalue weighted by Crippen LogP contribution is -2.25. The number of halogens is 1. The van der Waals surface area contributed by atoms with Crippen molar-refractivity contribution >= 4 is 17.4 Å². The molecule has 1 fully saturated rings. The number of benzene rings is 1. The van der Waals surface area contributed by atoms with Gasteiger partial charge < -0.3 is 14.4 Å². The number of rotatable bonds is 5. The Labute approximate surface area is 141 Å². The molecule has 1 aliphatic heterocycles. The molecule has 0 N–H and O–H groups in total. The Balaban J connectivity index is 1.67. The average Bonchev–Trinajstić information content (AvgIpc) is 2.95. The van der Waals surface area contributed by atoms with Crippen molar-refractivity contribution in [2.75, 3.05) is 25.1 Å². The number of hydrogen-bond acceptors (Lipinski definition) is 5. The Hall–Kier alpha value is -1.85. The van der Waals surface area contributed by atoms with Crippen LogP contribution in [0.4, 0.5) is 5.82 Å². The van der Waals surface area contributed by atoms with Crippen LogP contribution in [0.5, 0.6) is 5.75 Å². The highest BCUT2D eigenvalue weighted by atomic mass is 35.5. The summed E-state index contributed by atoms with van der Waals surface area (Å²) in [6, 6.07) is 9.52. The van der Waals surface area contributed by atoms with Gasteiger partial charge in [-0.2, -0.15) is 0 Å². The summed E-state index contributed by atoms with van der Waals surface area (Å²) in [6.45, 7) is 4.11. The second-order valence-corrected chi connectivity index (χ2v) is 6.09. The van der Waals surface area contributed by atoms with Crippen LogP contribution in [0.15, 0.2) is 30.3 Å². The zero-order chi connectivity index (χ0) is 16.2. The van der Waals surface area contributed by atoms with Crippen LogP contribution in [-0.4, -0.2) is 36.3 Å². The quantitative estimate of drug-likeness (QED) is 0.840. The number of anilines is 1. The van der Waals surface area contributed by atoms with Crippen LogP contribution < -0.4 is 9.64 Å². The van der Waals surface area contributed by atoms with E-state index in [1.807, 2.05) is 37.3 Å². The normalized spacial score (nSPS) is 17.5. The first kappa shape index (κ1) is 16.0. The molecule has 0 aliphatic carbocycles. The topological polar surface area (TPSA) is 47.5 Å². The molecule has 0 amide bonds. The van der Waals surface area contributed by atoms with Crippen LogP contribution >= 0.6 is 11.6 Å². The summed E-state index contributed by atoms with van der Waals surface area (Å²) in [5, 5.41) is 0.688. The summed E-state index contributed by atoms with van der Waals surface area (Å²) in [5.74, 6) is 2.45. The van der Waals surface area contributed by atoms with Gasteiger partial charge in [-0.3, -0.25) is 0 Å². The van der Waals surface area contributed by atoms with E-state index in [0.717, 1.165) is 36.8 Å². The van der Waals surface area contributed by atoms with Crippen LogP contribution in [0.1, 0.15) is 17.9 Å². The number of nitrogens with zero attached hydrogens (tertiary/aromatic N) is 3. The van der Waals surface area contributed by atoms with Gasteiger partial charge >= 0.3 is 0 Å². The monoisotopic (exact) mass is 333 g/mol. The highest BCUT2D eigenvalue weighted by Gasteiger charge is 2.25. The zero-order valence-corrected chi connectivity index (χ0v) is 14.1. The number of ether oxygens (including phenoxy) is 2. The van der Waals surface area contributed by atoms with E-state index in [-0.39, 0.29) is 6.10 Å². The number of aryl methyl sites for hydroxylation is 1. The van der Waals surface area contributed by atoms with Crippen molar-refractivity contribution in [1.82, 2.24) is 9.97 Å². The van der Waals surface area contributed by atoms with E-state index in [9.17, 15) is 0 Å². The van der Waals surface area contributed by atoms with Crippen LogP contribution in [0.25, 0.3) is 0 Å². The first-order valence-electron chi connectivity index (χ1n) is 7.64. The van der Waals surface area contributed by atoms with Crippen molar-refractivity contribution in [3.63, 3.8) is 0 Å². The molecular formula is C17H20ClN3O2. The predicted octanol–water partition coefficient (Wildman–Crippen LogP) is 3.24. The molecule has 0 spiro atoms. The smallest absolute Gasteiger partial charge is 0.156 e. The van der Waals surface area contributed by atoms with E-state index < -0.39 is 0 Å². The van der Waals surface area contributed by atoms with Gasteiger partial charge in [-0.05, 0) is 25.1 Å². The Bertz CT molecular complexity index is 681. The fourth-order valence-electron chi connectivity index (χ4n) is 2.73. The highest BCUT2D eigenvalue weighted by Crippen LogP contribution is 2.24. The first-order chi connectivity index (χ1) is 11.1. The van der Waals surface area contributed by atoms with E-state index in [1.165, 1.54) is 0 Å². The molecule has 1 aliphatic rings. The van der Waals surface area contributed by atoms with Gasteiger partial charge in [0.1, 0.15) is 24.3 Å². The van der Waals surface area contributed by atoms with Gasteiger partial charge in [-0.25, -0.2) is 9.97 Å². The van der Waals surface area contributed by atoms with E-state index in [2.05, 4.69) is 14.9 Å². The summed E-state index contributed by atoms with van der Waals surface area (Å²) >= 11 is 6.00. The van der Waals surface area contributed by atoms with Crippen molar-refractivity contribution in [3.05, 3.63) is 46.9 Å². The van der Waals surface area contributed by atoms with Crippen molar-refractivity contribution in [3.8, 4) is 5.75 Å². The van der Waals surface area contributed by atoms with Crippen molar-refractivity contribution in [1.29, 1.82) is 0 Å². The molecule has 1 atom stereocenters.